The highest BCUT2D eigenvalue weighted by Gasteiger charge is 2.17. The molecule has 5 heteroatoms. The summed E-state index contributed by atoms with van der Waals surface area (Å²) in [4.78, 5) is 12.6. The van der Waals surface area contributed by atoms with Gasteiger partial charge >= 0.3 is 0 Å². The van der Waals surface area contributed by atoms with E-state index in [1.165, 1.54) is 11.3 Å². The fourth-order valence-corrected chi connectivity index (χ4v) is 2.92. The first-order chi connectivity index (χ1) is 7.61. The van der Waals surface area contributed by atoms with Gasteiger partial charge in [-0.1, -0.05) is 18.5 Å². The standard InChI is InChI=1S/C11H8BrClO2S/c1-2-6-3-4-8(15-6)10(14)9-5-7(12)11(13)16-9/h3-5H,2H2,1H3. The zero-order valence-electron chi connectivity index (χ0n) is 8.42. The van der Waals surface area contributed by atoms with Gasteiger partial charge in [0, 0.05) is 10.9 Å². The van der Waals surface area contributed by atoms with Crippen LogP contribution in [-0.2, 0) is 6.42 Å². The van der Waals surface area contributed by atoms with E-state index in [0.29, 0.717) is 15.0 Å². The highest BCUT2D eigenvalue weighted by atomic mass is 79.9. The van der Waals surface area contributed by atoms with Gasteiger partial charge in [-0.05, 0) is 34.1 Å². The Morgan fingerprint density at radius 1 is 1.56 bits per heavy atom. The van der Waals surface area contributed by atoms with Crippen LogP contribution in [0, 0.1) is 0 Å². The lowest BCUT2D eigenvalue weighted by Crippen LogP contribution is -1.95. The van der Waals surface area contributed by atoms with E-state index in [9.17, 15) is 4.79 Å². The van der Waals surface area contributed by atoms with Crippen LogP contribution in [0.2, 0.25) is 4.34 Å². The molecule has 0 unspecified atom stereocenters. The van der Waals surface area contributed by atoms with E-state index >= 15 is 0 Å². The van der Waals surface area contributed by atoms with Crippen molar-refractivity contribution in [3.63, 3.8) is 0 Å². The second-order valence-electron chi connectivity index (χ2n) is 3.18. The fourth-order valence-electron chi connectivity index (χ4n) is 1.27. The molecule has 16 heavy (non-hydrogen) atoms. The van der Waals surface area contributed by atoms with Gasteiger partial charge in [0.05, 0.1) is 4.88 Å². The molecule has 0 radical (unpaired) electrons. The first kappa shape index (κ1) is 11.9. The molecule has 0 aliphatic carbocycles. The average molecular weight is 320 g/mol. The van der Waals surface area contributed by atoms with E-state index in [4.69, 9.17) is 16.0 Å². The molecule has 0 saturated heterocycles. The SMILES string of the molecule is CCc1ccc(C(=O)c2cc(Br)c(Cl)s2)o1. The molecule has 2 nitrogen and oxygen atoms in total. The predicted molar refractivity (Wildman–Crippen MR) is 68.5 cm³/mol. The Labute approximate surface area is 110 Å². The van der Waals surface area contributed by atoms with Crippen molar-refractivity contribution in [3.05, 3.63) is 43.4 Å². The molecular formula is C11H8BrClO2S. The largest absolute Gasteiger partial charge is 0.458 e. The molecule has 0 aliphatic rings. The Hall–Kier alpha value is -0.580. The van der Waals surface area contributed by atoms with Crippen LogP contribution in [0.5, 0.6) is 0 Å². The number of thiophene rings is 1. The monoisotopic (exact) mass is 318 g/mol. The van der Waals surface area contributed by atoms with Crippen molar-refractivity contribution < 1.29 is 9.21 Å². The molecule has 84 valence electrons. The number of hydrogen-bond acceptors (Lipinski definition) is 3. The van der Waals surface area contributed by atoms with Gasteiger partial charge in [0.1, 0.15) is 10.1 Å². The molecule has 2 rings (SSSR count). The molecule has 0 spiro atoms. The van der Waals surface area contributed by atoms with Crippen LogP contribution in [0.4, 0.5) is 0 Å². The number of halogens is 2. The molecule has 0 amide bonds. The van der Waals surface area contributed by atoms with E-state index in [-0.39, 0.29) is 5.78 Å². The smallest absolute Gasteiger partial charge is 0.238 e. The summed E-state index contributed by atoms with van der Waals surface area (Å²) < 4.78 is 6.71. The third-order valence-electron chi connectivity index (χ3n) is 2.10. The molecule has 0 bridgehead atoms. The van der Waals surface area contributed by atoms with Gasteiger partial charge < -0.3 is 4.42 Å². The Kier molecular flexibility index (Phi) is 3.52. The van der Waals surface area contributed by atoms with Gasteiger partial charge in [0.15, 0.2) is 5.76 Å². The minimum absolute atomic E-state index is 0.127. The maximum absolute atomic E-state index is 12.0. The van der Waals surface area contributed by atoms with Gasteiger partial charge in [0.2, 0.25) is 5.78 Å². The van der Waals surface area contributed by atoms with Crippen LogP contribution in [0.25, 0.3) is 0 Å². The summed E-state index contributed by atoms with van der Waals surface area (Å²) in [7, 11) is 0. The normalized spacial score (nSPS) is 10.7. The number of hydrogen-bond donors (Lipinski definition) is 0. The molecular weight excluding hydrogens is 312 g/mol. The van der Waals surface area contributed by atoms with Crippen molar-refractivity contribution in [2.45, 2.75) is 13.3 Å². The van der Waals surface area contributed by atoms with Gasteiger partial charge in [-0.3, -0.25) is 4.79 Å². The van der Waals surface area contributed by atoms with E-state index in [1.54, 1.807) is 12.1 Å². The van der Waals surface area contributed by atoms with E-state index in [1.807, 2.05) is 13.0 Å². The van der Waals surface area contributed by atoms with Crippen LogP contribution in [0.1, 0.15) is 28.1 Å². The highest BCUT2D eigenvalue weighted by Crippen LogP contribution is 2.33. The molecule has 2 aromatic rings. The third kappa shape index (κ3) is 2.24. The summed E-state index contributed by atoms with van der Waals surface area (Å²) in [5.74, 6) is 1.05. The van der Waals surface area contributed by atoms with Gasteiger partial charge in [-0.2, -0.15) is 0 Å². The minimum atomic E-state index is -0.127. The minimum Gasteiger partial charge on any atom is -0.458 e. The third-order valence-corrected chi connectivity index (χ3v) is 4.58. The lowest BCUT2D eigenvalue weighted by atomic mass is 10.2. The highest BCUT2D eigenvalue weighted by molar-refractivity contribution is 9.10. The zero-order chi connectivity index (χ0) is 11.7. The number of ketones is 1. The average Bonchev–Trinajstić information content (AvgIpc) is 2.86. The first-order valence-electron chi connectivity index (χ1n) is 4.70. The molecule has 0 aromatic carbocycles. The molecule has 2 heterocycles. The topological polar surface area (TPSA) is 30.2 Å². The van der Waals surface area contributed by atoms with Crippen molar-refractivity contribution >= 4 is 44.7 Å². The van der Waals surface area contributed by atoms with Crippen LogP contribution in [0.15, 0.2) is 27.1 Å². The molecule has 0 fully saturated rings. The Bertz CT molecular complexity index is 510. The van der Waals surface area contributed by atoms with Crippen LogP contribution < -0.4 is 0 Å². The summed E-state index contributed by atoms with van der Waals surface area (Å²) >= 11 is 10.4. The van der Waals surface area contributed by atoms with Gasteiger partial charge in [0.25, 0.3) is 0 Å². The summed E-state index contributed by atoms with van der Waals surface area (Å²) in [5.41, 5.74) is 0. The predicted octanol–water partition coefficient (Wildman–Crippen LogP) is 4.55. The molecule has 2 aromatic heterocycles. The number of carbonyl (C=O) groups excluding carboxylic acids is 1. The number of aryl methyl sites for hydroxylation is 1. The van der Waals surface area contributed by atoms with Crippen molar-refractivity contribution in [1.82, 2.24) is 0 Å². The van der Waals surface area contributed by atoms with Crippen molar-refractivity contribution in [2.75, 3.05) is 0 Å². The van der Waals surface area contributed by atoms with Crippen molar-refractivity contribution in [2.24, 2.45) is 0 Å². The van der Waals surface area contributed by atoms with Gasteiger partial charge in [-0.25, -0.2) is 0 Å². The Morgan fingerprint density at radius 2 is 2.31 bits per heavy atom. The number of furan rings is 1. The fraction of sp³-hybridized carbons (Fsp3) is 0.182. The van der Waals surface area contributed by atoms with Crippen LogP contribution in [0.3, 0.4) is 0 Å². The Morgan fingerprint density at radius 3 is 2.81 bits per heavy atom. The lowest BCUT2D eigenvalue weighted by molar-refractivity contribution is 0.101. The number of rotatable bonds is 3. The zero-order valence-corrected chi connectivity index (χ0v) is 11.6. The summed E-state index contributed by atoms with van der Waals surface area (Å²) in [5, 5.41) is 0. The van der Waals surface area contributed by atoms with Crippen LogP contribution in [-0.4, -0.2) is 5.78 Å². The maximum atomic E-state index is 12.0. The molecule has 0 atom stereocenters. The van der Waals surface area contributed by atoms with E-state index < -0.39 is 0 Å². The molecule has 0 aliphatic heterocycles. The van der Waals surface area contributed by atoms with E-state index in [2.05, 4.69) is 15.9 Å². The lowest BCUT2D eigenvalue weighted by Gasteiger charge is -1.92. The number of carbonyl (C=O) groups is 1. The molecule has 0 saturated carbocycles. The maximum Gasteiger partial charge on any atom is 0.238 e. The van der Waals surface area contributed by atoms with Crippen LogP contribution >= 0.6 is 38.9 Å². The Balaban J connectivity index is 2.31. The second-order valence-corrected chi connectivity index (χ2v) is 5.69. The quantitative estimate of drug-likeness (QED) is 0.777. The van der Waals surface area contributed by atoms with E-state index in [0.717, 1.165) is 16.7 Å². The molecule has 0 N–H and O–H groups in total. The van der Waals surface area contributed by atoms with Crippen molar-refractivity contribution in [3.8, 4) is 0 Å². The van der Waals surface area contributed by atoms with Gasteiger partial charge in [-0.15, -0.1) is 11.3 Å². The summed E-state index contributed by atoms with van der Waals surface area (Å²) in [6, 6.07) is 5.23. The summed E-state index contributed by atoms with van der Waals surface area (Å²) in [6.45, 7) is 1.98. The second kappa shape index (κ2) is 4.73. The first-order valence-corrected chi connectivity index (χ1v) is 6.68. The van der Waals surface area contributed by atoms with Crippen molar-refractivity contribution in [1.29, 1.82) is 0 Å². The summed E-state index contributed by atoms with van der Waals surface area (Å²) in [6.07, 6.45) is 0.780.